The maximum atomic E-state index is 12.8. The maximum Gasteiger partial charge on any atom is 0.114 e. The summed E-state index contributed by atoms with van der Waals surface area (Å²) < 4.78 is 12.8. The first kappa shape index (κ1) is 8.94. The predicted molar refractivity (Wildman–Crippen MR) is 44.4 cm³/mol. The van der Waals surface area contributed by atoms with Gasteiger partial charge in [0.1, 0.15) is 6.17 Å². The number of hydrogen-bond acceptors (Lipinski definition) is 2. The molecular formula is C8H17FN2. The van der Waals surface area contributed by atoms with Crippen LogP contribution in [0.4, 0.5) is 4.39 Å². The second kappa shape index (κ2) is 4.02. The Balaban J connectivity index is 2.23. The highest BCUT2D eigenvalue weighted by Gasteiger charge is 2.20. The van der Waals surface area contributed by atoms with E-state index in [2.05, 4.69) is 24.5 Å². The van der Waals surface area contributed by atoms with E-state index in [9.17, 15) is 4.39 Å². The van der Waals surface area contributed by atoms with E-state index in [1.165, 1.54) is 0 Å². The summed E-state index contributed by atoms with van der Waals surface area (Å²) in [4.78, 5) is 0. The van der Waals surface area contributed by atoms with Crippen molar-refractivity contribution in [2.24, 2.45) is 0 Å². The minimum Gasteiger partial charge on any atom is -0.312 e. The molecule has 1 saturated heterocycles. The van der Waals surface area contributed by atoms with Crippen molar-refractivity contribution in [2.75, 3.05) is 13.1 Å². The Morgan fingerprint density at radius 2 is 2.18 bits per heavy atom. The van der Waals surface area contributed by atoms with Crippen LogP contribution in [-0.2, 0) is 0 Å². The molecule has 0 saturated carbocycles. The molecule has 2 nitrogen and oxygen atoms in total. The Morgan fingerprint density at radius 3 is 2.73 bits per heavy atom. The van der Waals surface area contributed by atoms with Gasteiger partial charge in [0.25, 0.3) is 0 Å². The Hall–Kier alpha value is -0.150. The number of halogens is 1. The molecule has 1 rings (SSSR count). The Labute approximate surface area is 67.6 Å². The van der Waals surface area contributed by atoms with Crippen LogP contribution in [0.1, 0.15) is 20.3 Å². The molecule has 0 radical (unpaired) electrons. The molecule has 0 aromatic rings. The maximum absolute atomic E-state index is 12.8. The minimum atomic E-state index is -0.667. The van der Waals surface area contributed by atoms with Crippen molar-refractivity contribution in [1.82, 2.24) is 10.6 Å². The van der Waals surface area contributed by atoms with Crippen molar-refractivity contribution in [3.8, 4) is 0 Å². The number of rotatable bonds is 2. The summed E-state index contributed by atoms with van der Waals surface area (Å²) in [5.41, 5.74) is 0. The van der Waals surface area contributed by atoms with Crippen LogP contribution in [0.15, 0.2) is 0 Å². The molecule has 1 aliphatic rings. The molecule has 0 bridgehead atoms. The van der Waals surface area contributed by atoms with Crippen LogP contribution in [0.2, 0.25) is 0 Å². The van der Waals surface area contributed by atoms with Crippen LogP contribution < -0.4 is 10.6 Å². The average molecular weight is 160 g/mol. The number of piperidine rings is 1. The van der Waals surface area contributed by atoms with Gasteiger partial charge in [0, 0.05) is 25.2 Å². The fourth-order valence-electron chi connectivity index (χ4n) is 1.49. The number of hydrogen-bond donors (Lipinski definition) is 2. The molecule has 1 fully saturated rings. The Kier molecular flexibility index (Phi) is 3.27. The molecule has 11 heavy (non-hydrogen) atoms. The van der Waals surface area contributed by atoms with Crippen LogP contribution in [0.5, 0.6) is 0 Å². The highest BCUT2D eigenvalue weighted by atomic mass is 19.1. The van der Waals surface area contributed by atoms with Gasteiger partial charge in [0.15, 0.2) is 0 Å². The van der Waals surface area contributed by atoms with E-state index in [1.54, 1.807) is 0 Å². The van der Waals surface area contributed by atoms with E-state index in [-0.39, 0.29) is 0 Å². The summed E-state index contributed by atoms with van der Waals surface area (Å²) in [6, 6.07) is 0.769. The summed E-state index contributed by atoms with van der Waals surface area (Å²) in [6.07, 6.45) is -0.00875. The molecular weight excluding hydrogens is 143 g/mol. The summed E-state index contributed by atoms with van der Waals surface area (Å²) in [6.45, 7) is 5.60. The van der Waals surface area contributed by atoms with E-state index < -0.39 is 6.17 Å². The van der Waals surface area contributed by atoms with Gasteiger partial charge in [-0.2, -0.15) is 0 Å². The van der Waals surface area contributed by atoms with E-state index in [4.69, 9.17) is 0 Å². The fourth-order valence-corrected chi connectivity index (χ4v) is 1.49. The molecule has 0 spiro atoms. The van der Waals surface area contributed by atoms with E-state index in [0.717, 1.165) is 6.54 Å². The molecule has 2 N–H and O–H groups in total. The first-order valence-corrected chi connectivity index (χ1v) is 4.29. The zero-order chi connectivity index (χ0) is 8.27. The first-order chi connectivity index (χ1) is 5.18. The van der Waals surface area contributed by atoms with E-state index in [1.807, 2.05) is 0 Å². The van der Waals surface area contributed by atoms with Crippen LogP contribution in [0.25, 0.3) is 0 Å². The van der Waals surface area contributed by atoms with Crippen LogP contribution in [-0.4, -0.2) is 31.3 Å². The smallest absolute Gasteiger partial charge is 0.114 e. The van der Waals surface area contributed by atoms with Gasteiger partial charge < -0.3 is 10.6 Å². The van der Waals surface area contributed by atoms with E-state index in [0.29, 0.717) is 25.0 Å². The van der Waals surface area contributed by atoms with Crippen LogP contribution >= 0.6 is 0 Å². The third kappa shape index (κ3) is 3.16. The van der Waals surface area contributed by atoms with Crippen molar-refractivity contribution in [2.45, 2.75) is 38.5 Å². The van der Waals surface area contributed by atoms with Gasteiger partial charge in [-0.25, -0.2) is 4.39 Å². The average Bonchev–Trinajstić information content (AvgIpc) is 1.85. The lowest BCUT2D eigenvalue weighted by Crippen LogP contribution is -2.49. The first-order valence-electron chi connectivity index (χ1n) is 4.29. The lowest BCUT2D eigenvalue weighted by Gasteiger charge is -2.28. The SMILES string of the molecule is CC(C)N[C@H]1CNC[C@@H](F)C1. The molecule has 2 atom stereocenters. The monoisotopic (exact) mass is 160 g/mol. The van der Waals surface area contributed by atoms with Crippen LogP contribution in [0.3, 0.4) is 0 Å². The second-order valence-corrected chi connectivity index (χ2v) is 3.51. The largest absolute Gasteiger partial charge is 0.312 e. The lowest BCUT2D eigenvalue weighted by atomic mass is 10.1. The minimum absolute atomic E-state index is 0.318. The Morgan fingerprint density at radius 1 is 1.45 bits per heavy atom. The molecule has 1 heterocycles. The van der Waals surface area contributed by atoms with Gasteiger partial charge in [0.05, 0.1) is 0 Å². The lowest BCUT2D eigenvalue weighted by molar-refractivity contribution is 0.223. The summed E-state index contributed by atoms with van der Waals surface area (Å²) in [7, 11) is 0. The quantitative estimate of drug-likeness (QED) is 0.621. The molecule has 3 heteroatoms. The Bertz CT molecular complexity index is 115. The molecule has 1 aliphatic heterocycles. The van der Waals surface area contributed by atoms with Gasteiger partial charge >= 0.3 is 0 Å². The zero-order valence-corrected chi connectivity index (χ0v) is 7.23. The molecule has 0 amide bonds. The van der Waals surface area contributed by atoms with Gasteiger partial charge in [-0.05, 0) is 6.42 Å². The molecule has 0 aliphatic carbocycles. The fraction of sp³-hybridized carbons (Fsp3) is 1.00. The van der Waals surface area contributed by atoms with Crippen molar-refractivity contribution in [1.29, 1.82) is 0 Å². The summed E-state index contributed by atoms with van der Waals surface area (Å²) in [5.74, 6) is 0. The van der Waals surface area contributed by atoms with Crippen molar-refractivity contribution >= 4 is 0 Å². The predicted octanol–water partition coefficient (Wildman–Crippen LogP) is 0.684. The third-order valence-corrected chi connectivity index (χ3v) is 1.87. The zero-order valence-electron chi connectivity index (χ0n) is 7.23. The molecule has 0 unspecified atom stereocenters. The molecule has 0 aromatic heterocycles. The number of alkyl halides is 1. The van der Waals surface area contributed by atoms with Gasteiger partial charge in [-0.15, -0.1) is 0 Å². The van der Waals surface area contributed by atoms with Gasteiger partial charge in [-0.1, -0.05) is 13.8 Å². The van der Waals surface area contributed by atoms with Crippen molar-refractivity contribution < 1.29 is 4.39 Å². The standard InChI is InChI=1S/C8H17FN2/c1-6(2)11-8-3-7(9)4-10-5-8/h6-8,10-11H,3-5H2,1-2H3/t7-,8+/m0/s1. The summed E-state index contributed by atoms with van der Waals surface area (Å²) >= 11 is 0. The van der Waals surface area contributed by atoms with Crippen molar-refractivity contribution in [3.05, 3.63) is 0 Å². The highest BCUT2D eigenvalue weighted by Crippen LogP contribution is 2.06. The van der Waals surface area contributed by atoms with Crippen LogP contribution in [0, 0.1) is 0 Å². The molecule has 0 aromatic carbocycles. The third-order valence-electron chi connectivity index (χ3n) is 1.87. The number of nitrogens with one attached hydrogen (secondary N) is 2. The van der Waals surface area contributed by atoms with Gasteiger partial charge in [-0.3, -0.25) is 0 Å². The summed E-state index contributed by atoms with van der Waals surface area (Å²) in [5, 5.41) is 6.36. The second-order valence-electron chi connectivity index (χ2n) is 3.51. The van der Waals surface area contributed by atoms with Gasteiger partial charge in [0.2, 0.25) is 0 Å². The molecule has 66 valence electrons. The normalized spacial score (nSPS) is 32.7. The van der Waals surface area contributed by atoms with Crippen molar-refractivity contribution in [3.63, 3.8) is 0 Å². The topological polar surface area (TPSA) is 24.1 Å². The van der Waals surface area contributed by atoms with E-state index >= 15 is 0 Å². The highest BCUT2D eigenvalue weighted by molar-refractivity contribution is 4.81.